The molecule has 6 nitrogen and oxygen atoms in total. The summed E-state index contributed by atoms with van der Waals surface area (Å²) in [7, 11) is -1.90. The van der Waals surface area contributed by atoms with Gasteiger partial charge in [0, 0.05) is 24.6 Å². The zero-order chi connectivity index (χ0) is 22.6. The molecular weight excluding hydrogens is 487 g/mol. The molecule has 0 aliphatic carbocycles. The van der Waals surface area contributed by atoms with E-state index in [-0.39, 0.29) is 17.5 Å². The number of methoxy groups -OCH3 is 1. The van der Waals surface area contributed by atoms with Crippen LogP contribution in [-0.4, -0.2) is 58.6 Å². The SMILES string of the molecule is COc1ccc(N(CCN2CCC(C(=O)c3ccc(F)cc3)CC2)S(C)(=O)=O)cc1Br. The minimum Gasteiger partial charge on any atom is -0.496 e. The molecule has 0 atom stereocenters. The van der Waals surface area contributed by atoms with Crippen LogP contribution < -0.4 is 9.04 Å². The smallest absolute Gasteiger partial charge is 0.232 e. The van der Waals surface area contributed by atoms with Crippen molar-refractivity contribution in [2.75, 3.05) is 43.8 Å². The first-order chi connectivity index (χ1) is 14.7. The lowest BCUT2D eigenvalue weighted by Crippen LogP contribution is -2.42. The Morgan fingerprint density at radius 3 is 2.39 bits per heavy atom. The van der Waals surface area contributed by atoms with Gasteiger partial charge in [0.1, 0.15) is 11.6 Å². The Labute approximate surface area is 191 Å². The lowest BCUT2D eigenvalue weighted by atomic mass is 9.89. The molecule has 0 aromatic heterocycles. The highest BCUT2D eigenvalue weighted by molar-refractivity contribution is 9.10. The molecule has 1 aliphatic heterocycles. The quantitative estimate of drug-likeness (QED) is 0.500. The Morgan fingerprint density at radius 2 is 1.84 bits per heavy atom. The average molecular weight is 513 g/mol. The van der Waals surface area contributed by atoms with E-state index in [0.29, 0.717) is 60.5 Å². The monoisotopic (exact) mass is 512 g/mol. The third-order valence-corrected chi connectivity index (χ3v) is 7.34. The molecule has 1 heterocycles. The Kier molecular flexibility index (Phi) is 7.72. The number of rotatable bonds is 8. The largest absolute Gasteiger partial charge is 0.496 e. The Hall–Kier alpha value is -1.97. The maximum Gasteiger partial charge on any atom is 0.232 e. The van der Waals surface area contributed by atoms with Gasteiger partial charge in [0.15, 0.2) is 5.78 Å². The highest BCUT2D eigenvalue weighted by Crippen LogP contribution is 2.30. The third kappa shape index (κ3) is 6.05. The van der Waals surface area contributed by atoms with Gasteiger partial charge in [-0.2, -0.15) is 0 Å². The van der Waals surface area contributed by atoms with E-state index in [1.54, 1.807) is 25.3 Å². The van der Waals surface area contributed by atoms with Crippen molar-refractivity contribution in [3.63, 3.8) is 0 Å². The number of halogens is 2. The summed E-state index contributed by atoms with van der Waals surface area (Å²) >= 11 is 3.40. The number of benzene rings is 2. The summed E-state index contributed by atoms with van der Waals surface area (Å²) in [5, 5.41) is 0. The van der Waals surface area contributed by atoms with Crippen molar-refractivity contribution in [1.82, 2.24) is 4.90 Å². The lowest BCUT2D eigenvalue weighted by Gasteiger charge is -2.33. The zero-order valence-electron chi connectivity index (χ0n) is 17.6. The van der Waals surface area contributed by atoms with Gasteiger partial charge in [-0.05, 0) is 84.3 Å². The number of Topliss-reactive ketones (excluding diaryl/α,β-unsaturated/α-hetero) is 1. The molecule has 1 saturated heterocycles. The maximum absolute atomic E-state index is 13.1. The van der Waals surface area contributed by atoms with Crippen LogP contribution in [0, 0.1) is 11.7 Å². The van der Waals surface area contributed by atoms with Crippen LogP contribution in [0.3, 0.4) is 0 Å². The molecule has 168 valence electrons. The maximum atomic E-state index is 13.1. The number of sulfonamides is 1. The van der Waals surface area contributed by atoms with Crippen LogP contribution in [0.4, 0.5) is 10.1 Å². The third-order valence-electron chi connectivity index (χ3n) is 5.53. The number of ketones is 1. The summed E-state index contributed by atoms with van der Waals surface area (Å²) in [6.45, 7) is 2.30. The second-order valence-corrected chi connectivity index (χ2v) is 10.4. The molecule has 0 unspecified atom stereocenters. The molecule has 9 heteroatoms. The van der Waals surface area contributed by atoms with Crippen molar-refractivity contribution >= 4 is 37.4 Å². The standard InChI is InChI=1S/C22H26BrFN2O4S/c1-30-21-8-7-19(15-20(21)23)26(31(2,28)29)14-13-25-11-9-17(10-12-25)22(27)16-3-5-18(24)6-4-16/h3-8,15,17H,9-14H2,1-2H3. The molecule has 0 radical (unpaired) electrons. The molecule has 0 bridgehead atoms. The Bertz CT molecular complexity index is 1020. The first-order valence-corrected chi connectivity index (χ1v) is 12.7. The molecule has 0 amide bonds. The fourth-order valence-corrected chi connectivity index (χ4v) is 5.24. The second-order valence-electron chi connectivity index (χ2n) is 7.64. The van der Waals surface area contributed by atoms with Crippen molar-refractivity contribution in [2.45, 2.75) is 12.8 Å². The number of anilines is 1. The number of likely N-dealkylation sites (tertiary alicyclic amines) is 1. The summed E-state index contributed by atoms with van der Waals surface area (Å²) in [4.78, 5) is 14.8. The lowest BCUT2D eigenvalue weighted by molar-refractivity contribution is 0.0843. The summed E-state index contributed by atoms with van der Waals surface area (Å²) in [6, 6.07) is 10.8. The van der Waals surface area contributed by atoms with Crippen molar-refractivity contribution in [2.24, 2.45) is 5.92 Å². The minimum absolute atomic E-state index is 0.0421. The number of carbonyl (C=O) groups is 1. The van der Waals surface area contributed by atoms with Gasteiger partial charge in [-0.25, -0.2) is 12.8 Å². The fourth-order valence-electron chi connectivity index (χ4n) is 3.80. The predicted molar refractivity (Wildman–Crippen MR) is 123 cm³/mol. The molecule has 2 aromatic rings. The van der Waals surface area contributed by atoms with Crippen molar-refractivity contribution in [3.8, 4) is 5.75 Å². The van der Waals surface area contributed by atoms with Crippen LogP contribution in [0.25, 0.3) is 0 Å². The highest BCUT2D eigenvalue weighted by Gasteiger charge is 2.27. The molecule has 2 aromatic carbocycles. The first-order valence-electron chi connectivity index (χ1n) is 10.0. The molecule has 0 spiro atoms. The summed E-state index contributed by atoms with van der Waals surface area (Å²) < 4.78 is 45.1. The summed E-state index contributed by atoms with van der Waals surface area (Å²) in [5.74, 6) is 0.224. The molecule has 3 rings (SSSR count). The fraction of sp³-hybridized carbons (Fsp3) is 0.409. The number of piperidine rings is 1. The first kappa shape index (κ1) is 23.7. The highest BCUT2D eigenvalue weighted by atomic mass is 79.9. The van der Waals surface area contributed by atoms with Crippen molar-refractivity contribution < 1.29 is 22.3 Å². The van der Waals surface area contributed by atoms with Crippen LogP contribution in [0.15, 0.2) is 46.9 Å². The topological polar surface area (TPSA) is 66.9 Å². The van der Waals surface area contributed by atoms with E-state index in [4.69, 9.17) is 4.74 Å². The van der Waals surface area contributed by atoms with Crippen LogP contribution in [0.5, 0.6) is 5.75 Å². The van der Waals surface area contributed by atoms with Gasteiger partial charge in [-0.1, -0.05) is 0 Å². The summed E-state index contributed by atoms with van der Waals surface area (Å²) in [5.41, 5.74) is 1.10. The molecule has 31 heavy (non-hydrogen) atoms. The number of ether oxygens (including phenoxy) is 1. The van der Waals surface area contributed by atoms with Gasteiger partial charge >= 0.3 is 0 Å². The molecule has 1 fully saturated rings. The zero-order valence-corrected chi connectivity index (χ0v) is 20.0. The van der Waals surface area contributed by atoms with E-state index in [1.165, 1.54) is 34.8 Å². The Balaban J connectivity index is 1.59. The molecule has 1 aliphatic rings. The molecule has 0 saturated carbocycles. The second kappa shape index (κ2) is 10.1. The van der Waals surface area contributed by atoms with Crippen LogP contribution in [0.1, 0.15) is 23.2 Å². The number of hydrogen-bond donors (Lipinski definition) is 0. The van der Waals surface area contributed by atoms with Crippen molar-refractivity contribution in [3.05, 3.63) is 58.3 Å². The molecular formula is C22H26BrFN2O4S. The predicted octanol–water partition coefficient (Wildman–Crippen LogP) is 3.96. The molecule has 0 N–H and O–H groups in total. The van der Waals surface area contributed by atoms with E-state index >= 15 is 0 Å². The van der Waals surface area contributed by atoms with Gasteiger partial charge in [-0.3, -0.25) is 9.10 Å². The van der Waals surface area contributed by atoms with Crippen LogP contribution in [-0.2, 0) is 10.0 Å². The normalized spacial score (nSPS) is 15.6. The minimum atomic E-state index is -3.46. The van der Waals surface area contributed by atoms with E-state index in [2.05, 4.69) is 20.8 Å². The van der Waals surface area contributed by atoms with Gasteiger partial charge in [0.05, 0.1) is 23.5 Å². The van der Waals surface area contributed by atoms with Crippen LogP contribution >= 0.6 is 15.9 Å². The van der Waals surface area contributed by atoms with Gasteiger partial charge < -0.3 is 9.64 Å². The van der Waals surface area contributed by atoms with E-state index in [1.807, 2.05) is 0 Å². The number of nitrogens with zero attached hydrogens (tertiary/aromatic N) is 2. The van der Waals surface area contributed by atoms with E-state index in [0.717, 1.165) is 0 Å². The Morgan fingerprint density at radius 1 is 1.19 bits per heavy atom. The van der Waals surface area contributed by atoms with E-state index < -0.39 is 10.0 Å². The van der Waals surface area contributed by atoms with E-state index in [9.17, 15) is 17.6 Å². The van der Waals surface area contributed by atoms with Gasteiger partial charge in [0.2, 0.25) is 10.0 Å². The van der Waals surface area contributed by atoms with Gasteiger partial charge in [-0.15, -0.1) is 0 Å². The number of carbonyl (C=O) groups excluding carboxylic acids is 1. The summed E-state index contributed by atoms with van der Waals surface area (Å²) in [6.07, 6.45) is 2.59. The van der Waals surface area contributed by atoms with Crippen molar-refractivity contribution in [1.29, 1.82) is 0 Å². The number of hydrogen-bond acceptors (Lipinski definition) is 5. The van der Waals surface area contributed by atoms with Crippen LogP contribution in [0.2, 0.25) is 0 Å². The van der Waals surface area contributed by atoms with Gasteiger partial charge in [0.25, 0.3) is 0 Å². The average Bonchev–Trinajstić information content (AvgIpc) is 2.73.